The number of benzene rings is 1. The smallest absolute Gasteiger partial charge is 0.233 e. The second-order valence-electron chi connectivity index (χ2n) is 8.19. The molecule has 2 heterocycles. The summed E-state index contributed by atoms with van der Waals surface area (Å²) in [5.74, 6) is 1.34. The van der Waals surface area contributed by atoms with E-state index >= 15 is 0 Å². The van der Waals surface area contributed by atoms with Gasteiger partial charge in [0.1, 0.15) is 0 Å². The van der Waals surface area contributed by atoms with Crippen LogP contribution in [0.4, 0.5) is 0 Å². The molecule has 1 aliphatic heterocycles. The normalized spacial score (nSPS) is 17.8. The van der Waals surface area contributed by atoms with Gasteiger partial charge < -0.3 is 14.2 Å². The van der Waals surface area contributed by atoms with Crippen LogP contribution in [0.1, 0.15) is 40.2 Å². The van der Waals surface area contributed by atoms with Crippen LogP contribution in [0.25, 0.3) is 11.4 Å². The van der Waals surface area contributed by atoms with E-state index in [1.807, 2.05) is 11.8 Å². The van der Waals surface area contributed by atoms with Crippen molar-refractivity contribution >= 4 is 17.7 Å². The molecule has 152 valence electrons. The van der Waals surface area contributed by atoms with Crippen molar-refractivity contribution in [1.29, 1.82) is 0 Å². The molecular formula is C21H30N4O2S. The van der Waals surface area contributed by atoms with Crippen molar-refractivity contribution in [1.82, 2.24) is 19.7 Å². The van der Waals surface area contributed by atoms with Crippen LogP contribution in [0, 0.1) is 0 Å². The second kappa shape index (κ2) is 8.66. The fourth-order valence-corrected chi connectivity index (χ4v) is 4.18. The van der Waals surface area contributed by atoms with Gasteiger partial charge in [-0.2, -0.15) is 0 Å². The van der Waals surface area contributed by atoms with Gasteiger partial charge in [0, 0.05) is 25.2 Å². The van der Waals surface area contributed by atoms with E-state index in [0.717, 1.165) is 23.1 Å². The molecule has 1 amide bonds. The van der Waals surface area contributed by atoms with Crippen molar-refractivity contribution in [3.8, 4) is 11.4 Å². The third-order valence-corrected chi connectivity index (χ3v) is 5.91. The highest BCUT2D eigenvalue weighted by atomic mass is 32.2. The third kappa shape index (κ3) is 4.75. The zero-order chi connectivity index (χ0) is 20.3. The quantitative estimate of drug-likeness (QED) is 0.715. The third-order valence-electron chi connectivity index (χ3n) is 4.96. The number of amides is 1. The van der Waals surface area contributed by atoms with E-state index in [1.54, 1.807) is 0 Å². The molecule has 1 aromatic carbocycles. The van der Waals surface area contributed by atoms with Crippen LogP contribution >= 0.6 is 11.8 Å². The summed E-state index contributed by atoms with van der Waals surface area (Å²) in [6, 6.07) is 8.51. The highest BCUT2D eigenvalue weighted by molar-refractivity contribution is 7.99. The number of ether oxygens (including phenoxy) is 1. The molecule has 0 aliphatic carbocycles. The number of thioether (sulfide) groups is 1. The molecule has 3 rings (SSSR count). The standard InChI is InChI=1S/C21H30N4O2S/c1-6-25-19(16-7-9-17(10-8-16)21(3,4)5)22-23-20(25)28-14-18(26)24-11-12-27-15(2)13-24/h7-10,15H,6,11-14H2,1-5H3. The molecule has 0 saturated carbocycles. The Labute approximate surface area is 171 Å². The molecule has 0 bridgehead atoms. The molecule has 0 N–H and O–H groups in total. The molecule has 0 radical (unpaired) electrons. The van der Waals surface area contributed by atoms with Crippen LogP contribution in [0.2, 0.25) is 0 Å². The predicted octanol–water partition coefficient (Wildman–Crippen LogP) is 3.60. The topological polar surface area (TPSA) is 60.2 Å². The first-order valence-corrected chi connectivity index (χ1v) is 10.8. The van der Waals surface area contributed by atoms with Gasteiger partial charge in [0.05, 0.1) is 18.5 Å². The largest absolute Gasteiger partial charge is 0.375 e. The maximum atomic E-state index is 12.5. The highest BCUT2D eigenvalue weighted by Gasteiger charge is 2.22. The summed E-state index contributed by atoms with van der Waals surface area (Å²) in [4.78, 5) is 14.4. The van der Waals surface area contributed by atoms with E-state index in [-0.39, 0.29) is 17.4 Å². The number of carbonyl (C=O) groups is 1. The number of morpholine rings is 1. The molecule has 7 heteroatoms. The summed E-state index contributed by atoms with van der Waals surface area (Å²) >= 11 is 1.45. The summed E-state index contributed by atoms with van der Waals surface area (Å²) in [6.07, 6.45) is 0.102. The van der Waals surface area contributed by atoms with E-state index in [4.69, 9.17) is 4.74 Å². The Morgan fingerprint density at radius 2 is 1.96 bits per heavy atom. The maximum absolute atomic E-state index is 12.5. The van der Waals surface area contributed by atoms with Gasteiger partial charge in [0.2, 0.25) is 5.91 Å². The van der Waals surface area contributed by atoms with Crippen LogP contribution in [0.15, 0.2) is 29.4 Å². The summed E-state index contributed by atoms with van der Waals surface area (Å²) in [5, 5.41) is 9.53. The first-order chi connectivity index (χ1) is 13.3. The van der Waals surface area contributed by atoms with Gasteiger partial charge in [-0.15, -0.1) is 10.2 Å². The molecule has 1 aliphatic rings. The van der Waals surface area contributed by atoms with Crippen molar-refractivity contribution < 1.29 is 9.53 Å². The first kappa shape index (κ1) is 20.9. The number of carbonyl (C=O) groups excluding carboxylic acids is 1. The number of aromatic nitrogens is 3. The minimum Gasteiger partial charge on any atom is -0.375 e. The van der Waals surface area contributed by atoms with E-state index in [2.05, 4.69) is 66.7 Å². The van der Waals surface area contributed by atoms with Crippen molar-refractivity contribution in [2.24, 2.45) is 0 Å². The lowest BCUT2D eigenvalue weighted by Crippen LogP contribution is -2.45. The zero-order valence-electron chi connectivity index (χ0n) is 17.4. The van der Waals surface area contributed by atoms with E-state index in [1.165, 1.54) is 17.3 Å². The Hall–Kier alpha value is -1.86. The average Bonchev–Trinajstić information content (AvgIpc) is 3.08. The van der Waals surface area contributed by atoms with Crippen LogP contribution in [0.3, 0.4) is 0 Å². The predicted molar refractivity (Wildman–Crippen MR) is 113 cm³/mol. The molecule has 1 saturated heterocycles. The SMILES string of the molecule is CCn1c(SCC(=O)N2CCOC(C)C2)nnc1-c1ccc(C(C)(C)C)cc1. The summed E-state index contributed by atoms with van der Waals surface area (Å²) in [7, 11) is 0. The molecular weight excluding hydrogens is 372 g/mol. The van der Waals surface area contributed by atoms with Crippen LogP contribution < -0.4 is 0 Å². The highest BCUT2D eigenvalue weighted by Crippen LogP contribution is 2.27. The Balaban J connectivity index is 1.70. The molecule has 1 atom stereocenters. The molecule has 0 spiro atoms. The van der Waals surface area contributed by atoms with Gasteiger partial charge in [-0.25, -0.2) is 0 Å². The van der Waals surface area contributed by atoms with Gasteiger partial charge >= 0.3 is 0 Å². The van der Waals surface area contributed by atoms with E-state index in [9.17, 15) is 4.79 Å². The number of nitrogens with zero attached hydrogens (tertiary/aromatic N) is 4. The molecule has 1 aromatic heterocycles. The Morgan fingerprint density at radius 3 is 2.57 bits per heavy atom. The van der Waals surface area contributed by atoms with Crippen LogP contribution in [0.5, 0.6) is 0 Å². The van der Waals surface area contributed by atoms with Crippen LogP contribution in [-0.4, -0.2) is 57.1 Å². The monoisotopic (exact) mass is 402 g/mol. The Bertz CT molecular complexity index is 811. The summed E-state index contributed by atoms with van der Waals surface area (Å²) in [6.45, 7) is 13.4. The Morgan fingerprint density at radius 1 is 1.25 bits per heavy atom. The minimum absolute atomic E-state index is 0.102. The molecule has 28 heavy (non-hydrogen) atoms. The van der Waals surface area contributed by atoms with Crippen LogP contribution in [-0.2, 0) is 21.5 Å². The lowest BCUT2D eigenvalue weighted by atomic mass is 9.87. The lowest BCUT2D eigenvalue weighted by molar-refractivity contribution is -0.135. The molecule has 1 fully saturated rings. The van der Waals surface area contributed by atoms with Gasteiger partial charge in [0.25, 0.3) is 0 Å². The minimum atomic E-state index is 0.102. The van der Waals surface area contributed by atoms with Crippen molar-refractivity contribution in [3.05, 3.63) is 29.8 Å². The van der Waals surface area contributed by atoms with E-state index < -0.39 is 0 Å². The van der Waals surface area contributed by atoms with Gasteiger partial charge in [-0.05, 0) is 24.8 Å². The fraction of sp³-hybridized carbons (Fsp3) is 0.571. The number of rotatable bonds is 5. The second-order valence-corrected chi connectivity index (χ2v) is 9.13. The molecule has 2 aromatic rings. The van der Waals surface area contributed by atoms with Gasteiger partial charge in [-0.3, -0.25) is 4.79 Å². The van der Waals surface area contributed by atoms with Crippen molar-refractivity contribution in [2.45, 2.75) is 57.8 Å². The summed E-state index contributed by atoms with van der Waals surface area (Å²) < 4.78 is 7.59. The lowest BCUT2D eigenvalue weighted by Gasteiger charge is -2.31. The maximum Gasteiger partial charge on any atom is 0.233 e. The van der Waals surface area contributed by atoms with Gasteiger partial charge in [-0.1, -0.05) is 56.8 Å². The van der Waals surface area contributed by atoms with E-state index in [0.29, 0.717) is 25.4 Å². The van der Waals surface area contributed by atoms with Crippen molar-refractivity contribution in [3.63, 3.8) is 0 Å². The fourth-order valence-electron chi connectivity index (χ4n) is 3.28. The summed E-state index contributed by atoms with van der Waals surface area (Å²) in [5.41, 5.74) is 2.45. The molecule has 1 unspecified atom stereocenters. The first-order valence-electron chi connectivity index (χ1n) is 9.86. The molecule has 6 nitrogen and oxygen atoms in total. The average molecular weight is 403 g/mol. The number of hydrogen-bond donors (Lipinski definition) is 0. The zero-order valence-corrected chi connectivity index (χ0v) is 18.3. The number of hydrogen-bond acceptors (Lipinski definition) is 5. The Kier molecular flexibility index (Phi) is 6.45. The van der Waals surface area contributed by atoms with Crippen molar-refractivity contribution in [2.75, 3.05) is 25.4 Å². The van der Waals surface area contributed by atoms with Gasteiger partial charge in [0.15, 0.2) is 11.0 Å².